The highest BCUT2D eigenvalue weighted by atomic mass is 16.5. The normalized spacial score (nSPS) is 14.6. The van der Waals surface area contributed by atoms with Gasteiger partial charge in [-0.15, -0.1) is 0 Å². The van der Waals surface area contributed by atoms with Crippen LogP contribution in [0.15, 0.2) is 48.5 Å². The molecule has 34 heavy (non-hydrogen) atoms. The molecule has 2 rings (SSSR count). The van der Waals surface area contributed by atoms with Gasteiger partial charge in [0.15, 0.2) is 5.78 Å². The fourth-order valence-corrected chi connectivity index (χ4v) is 3.55. The summed E-state index contributed by atoms with van der Waals surface area (Å²) in [7, 11) is 7.92. The highest BCUT2D eigenvalue weighted by Gasteiger charge is 2.34. The Morgan fingerprint density at radius 2 is 1.29 bits per heavy atom. The summed E-state index contributed by atoms with van der Waals surface area (Å²) < 4.78 is 12.3. The molecule has 0 fully saturated rings. The number of ketones is 1. The third-order valence-electron chi connectivity index (χ3n) is 6.59. The molecule has 0 bridgehead atoms. The van der Waals surface area contributed by atoms with Crippen molar-refractivity contribution in [1.82, 2.24) is 0 Å². The minimum atomic E-state index is -0.913. The van der Waals surface area contributed by atoms with E-state index in [2.05, 4.69) is 0 Å². The summed E-state index contributed by atoms with van der Waals surface area (Å²) in [6.07, 6.45) is 1.86. The Bertz CT molecular complexity index is 954. The number of rotatable bonds is 12. The van der Waals surface area contributed by atoms with Crippen LogP contribution < -0.4 is 9.80 Å². The number of Topliss-reactive ketones (excluding diaryl/α,β-unsaturated/α-hetero) is 1. The first kappa shape index (κ1) is 27.4. The van der Waals surface area contributed by atoms with Gasteiger partial charge in [-0.25, -0.2) is 0 Å². The molecule has 0 saturated carbocycles. The molecular weight excluding hydrogens is 426 g/mol. The van der Waals surface area contributed by atoms with E-state index in [9.17, 15) is 4.79 Å². The minimum Gasteiger partial charge on any atom is -0.471 e. The van der Waals surface area contributed by atoms with Crippen LogP contribution in [0.3, 0.4) is 0 Å². The van der Waals surface area contributed by atoms with E-state index in [0.29, 0.717) is 25.0 Å². The fourth-order valence-electron chi connectivity index (χ4n) is 3.55. The molecule has 0 saturated heterocycles. The maximum absolute atomic E-state index is 13.2. The van der Waals surface area contributed by atoms with Crippen LogP contribution in [-0.4, -0.2) is 57.7 Å². The molecule has 0 aliphatic rings. The lowest BCUT2D eigenvalue weighted by Gasteiger charge is -2.33. The first-order valence-electron chi connectivity index (χ1n) is 12.0. The van der Waals surface area contributed by atoms with Crippen LogP contribution in [0.4, 0.5) is 11.4 Å². The number of anilines is 2. The third-order valence-corrected chi connectivity index (χ3v) is 6.59. The molecule has 0 aliphatic carbocycles. The van der Waals surface area contributed by atoms with Crippen LogP contribution in [0, 0.1) is 5.41 Å². The van der Waals surface area contributed by atoms with Crippen molar-refractivity contribution < 1.29 is 14.3 Å². The van der Waals surface area contributed by atoms with E-state index in [1.165, 1.54) is 0 Å². The summed E-state index contributed by atoms with van der Waals surface area (Å²) in [5.74, 6) is 0.123. The molecule has 0 aromatic heterocycles. The van der Waals surface area contributed by atoms with Crippen molar-refractivity contribution in [2.24, 2.45) is 0 Å². The van der Waals surface area contributed by atoms with Gasteiger partial charge in [0.05, 0.1) is 6.61 Å². The molecule has 1 N–H and O–H groups in total. The van der Waals surface area contributed by atoms with Crippen molar-refractivity contribution in [2.45, 2.75) is 58.2 Å². The Kier molecular flexibility index (Phi) is 9.28. The molecule has 0 spiro atoms. The molecule has 6 heteroatoms. The van der Waals surface area contributed by atoms with Crippen molar-refractivity contribution >= 4 is 23.1 Å². The van der Waals surface area contributed by atoms with Gasteiger partial charge in [0.1, 0.15) is 11.2 Å². The average molecular weight is 468 g/mol. The van der Waals surface area contributed by atoms with Gasteiger partial charge in [-0.2, -0.15) is 0 Å². The van der Waals surface area contributed by atoms with Crippen molar-refractivity contribution in [3.8, 4) is 0 Å². The number of nitrogens with one attached hydrogen (secondary N) is 1. The average Bonchev–Trinajstić information content (AvgIpc) is 2.83. The zero-order valence-electron chi connectivity index (χ0n) is 22.1. The molecule has 2 aromatic rings. The molecule has 0 heterocycles. The van der Waals surface area contributed by atoms with Crippen LogP contribution in [-0.2, 0) is 9.47 Å². The molecule has 186 valence electrons. The van der Waals surface area contributed by atoms with E-state index in [0.717, 1.165) is 23.4 Å². The lowest BCUT2D eigenvalue weighted by atomic mass is 9.91. The highest BCUT2D eigenvalue weighted by Crippen LogP contribution is 2.27. The Labute approximate surface area is 205 Å². The number of hydrogen-bond donors (Lipinski definition) is 1. The van der Waals surface area contributed by atoms with Crippen LogP contribution in [0.5, 0.6) is 0 Å². The lowest BCUT2D eigenvalue weighted by Crippen LogP contribution is -2.40. The van der Waals surface area contributed by atoms with Gasteiger partial charge >= 0.3 is 0 Å². The first-order valence-corrected chi connectivity index (χ1v) is 12.0. The van der Waals surface area contributed by atoms with E-state index in [1.807, 2.05) is 114 Å². The maximum Gasteiger partial charge on any atom is 0.213 e. The van der Waals surface area contributed by atoms with Crippen LogP contribution in [0.2, 0.25) is 0 Å². The number of carbonyl (C=O) groups excluding carboxylic acids is 1. The van der Waals surface area contributed by atoms with Crippen molar-refractivity contribution in [3.63, 3.8) is 0 Å². The van der Waals surface area contributed by atoms with Crippen LogP contribution in [0.1, 0.15) is 62.9 Å². The Morgan fingerprint density at radius 3 is 1.71 bits per heavy atom. The Balaban J connectivity index is 2.02. The van der Waals surface area contributed by atoms with E-state index in [1.54, 1.807) is 0 Å². The van der Waals surface area contributed by atoms with Crippen LogP contribution >= 0.6 is 0 Å². The van der Waals surface area contributed by atoms with Crippen molar-refractivity contribution in [3.05, 3.63) is 59.7 Å². The summed E-state index contributed by atoms with van der Waals surface area (Å²) in [5, 5.41) is 8.45. The SMILES string of the molecule is CCC(C)(CCOC(C)(CC)C(=O)c1ccc(N(C)C)cc1)OC(=N)c1ccc(N(C)C)cc1. The second kappa shape index (κ2) is 11.5. The van der Waals surface area contributed by atoms with Gasteiger partial charge in [-0.05, 0) is 75.2 Å². The summed E-state index contributed by atoms with van der Waals surface area (Å²) in [4.78, 5) is 17.3. The third kappa shape index (κ3) is 6.83. The number of nitrogens with zero attached hydrogens (tertiary/aromatic N) is 2. The Morgan fingerprint density at radius 1 is 0.824 bits per heavy atom. The van der Waals surface area contributed by atoms with Gasteiger partial charge in [0.2, 0.25) is 5.90 Å². The van der Waals surface area contributed by atoms with E-state index in [4.69, 9.17) is 14.9 Å². The van der Waals surface area contributed by atoms with Crippen molar-refractivity contribution in [2.75, 3.05) is 44.6 Å². The maximum atomic E-state index is 13.2. The lowest BCUT2D eigenvalue weighted by molar-refractivity contribution is -0.0431. The predicted molar refractivity (Wildman–Crippen MR) is 142 cm³/mol. The molecule has 0 amide bonds. The van der Waals surface area contributed by atoms with Gasteiger partial charge < -0.3 is 19.3 Å². The summed E-state index contributed by atoms with van der Waals surface area (Å²) >= 11 is 0. The van der Waals surface area contributed by atoms with E-state index in [-0.39, 0.29) is 11.7 Å². The molecule has 0 radical (unpaired) electrons. The molecule has 0 aliphatic heterocycles. The summed E-state index contributed by atoms with van der Waals surface area (Å²) in [5.41, 5.74) is 2.02. The largest absolute Gasteiger partial charge is 0.471 e. The molecule has 2 atom stereocenters. The quantitative estimate of drug-likeness (QED) is 0.243. The summed E-state index contributed by atoms with van der Waals surface area (Å²) in [6.45, 7) is 8.22. The monoisotopic (exact) mass is 467 g/mol. The smallest absolute Gasteiger partial charge is 0.213 e. The number of carbonyl (C=O) groups is 1. The standard InChI is InChI=1S/C28H41N3O3/c1-9-27(3,34-26(29)22-13-17-24(18-14-22)31(7)8)19-20-33-28(4,10-2)25(32)21-11-15-23(16-12-21)30(5)6/h11-18,29H,9-10,19-20H2,1-8H3. The molecule has 6 nitrogen and oxygen atoms in total. The predicted octanol–water partition coefficient (Wildman–Crippen LogP) is 5.79. The second-order valence-corrected chi connectivity index (χ2v) is 9.63. The van der Waals surface area contributed by atoms with E-state index >= 15 is 0 Å². The van der Waals surface area contributed by atoms with Gasteiger partial charge in [-0.1, -0.05) is 13.8 Å². The second-order valence-electron chi connectivity index (χ2n) is 9.63. The molecule has 2 aromatic carbocycles. The zero-order chi connectivity index (χ0) is 25.5. The Hall–Kier alpha value is -2.86. The zero-order valence-corrected chi connectivity index (χ0v) is 22.1. The van der Waals surface area contributed by atoms with Gasteiger partial charge in [0, 0.05) is 57.1 Å². The van der Waals surface area contributed by atoms with Crippen molar-refractivity contribution in [1.29, 1.82) is 5.41 Å². The van der Waals surface area contributed by atoms with Gasteiger partial charge in [0.25, 0.3) is 0 Å². The first-order chi connectivity index (χ1) is 15.9. The number of hydrogen-bond acceptors (Lipinski definition) is 6. The highest BCUT2D eigenvalue weighted by molar-refractivity contribution is 6.02. The van der Waals surface area contributed by atoms with Crippen LogP contribution in [0.25, 0.3) is 0 Å². The fraction of sp³-hybridized carbons (Fsp3) is 0.500. The number of benzene rings is 2. The summed E-state index contributed by atoms with van der Waals surface area (Å²) in [6, 6.07) is 15.4. The minimum absolute atomic E-state index is 0.0202. The van der Waals surface area contributed by atoms with Gasteiger partial charge in [-0.3, -0.25) is 10.2 Å². The topological polar surface area (TPSA) is 65.9 Å². The van der Waals surface area contributed by atoms with E-state index < -0.39 is 11.2 Å². The number of ether oxygens (including phenoxy) is 2. The molecular formula is C28H41N3O3. The molecule has 2 unspecified atom stereocenters.